The fourth-order valence-electron chi connectivity index (χ4n) is 3.45. The highest BCUT2D eigenvalue weighted by atomic mass is 15.3. The summed E-state index contributed by atoms with van der Waals surface area (Å²) in [6, 6.07) is 0.503. The molecule has 0 amide bonds. The van der Waals surface area contributed by atoms with E-state index < -0.39 is 0 Å². The summed E-state index contributed by atoms with van der Waals surface area (Å²) in [7, 11) is 0. The van der Waals surface area contributed by atoms with E-state index >= 15 is 0 Å². The first-order chi connectivity index (χ1) is 11.4. The van der Waals surface area contributed by atoms with Crippen LogP contribution < -0.4 is 5.32 Å². The third-order valence-corrected chi connectivity index (χ3v) is 4.99. The van der Waals surface area contributed by atoms with Gasteiger partial charge in [0.05, 0.1) is 24.1 Å². The van der Waals surface area contributed by atoms with Crippen LogP contribution in [-0.4, -0.2) is 37.8 Å². The minimum atomic E-state index is 0.503. The Morgan fingerprint density at radius 3 is 2.78 bits per heavy atom. The van der Waals surface area contributed by atoms with Gasteiger partial charge in [-0.3, -0.25) is 4.68 Å². The minimum absolute atomic E-state index is 0.503. The molecule has 0 spiro atoms. The van der Waals surface area contributed by atoms with Crippen molar-refractivity contribution in [1.82, 2.24) is 30.0 Å². The summed E-state index contributed by atoms with van der Waals surface area (Å²) in [5.41, 5.74) is 5.19. The van der Waals surface area contributed by atoms with Crippen LogP contribution in [-0.2, 0) is 0 Å². The Morgan fingerprint density at radius 1 is 1.09 bits per heavy atom. The molecule has 118 valence electrons. The van der Waals surface area contributed by atoms with Gasteiger partial charge in [-0.25, -0.2) is 9.97 Å². The van der Waals surface area contributed by atoms with Crippen molar-refractivity contribution in [2.45, 2.75) is 37.6 Å². The molecule has 0 unspecified atom stereocenters. The highest BCUT2D eigenvalue weighted by Gasteiger charge is 2.26. The van der Waals surface area contributed by atoms with Crippen molar-refractivity contribution in [3.05, 3.63) is 30.5 Å². The van der Waals surface area contributed by atoms with Crippen molar-refractivity contribution in [3.8, 4) is 11.1 Å². The standard InChI is InChI=1S/C17H20N6/c1-2-11(1)15-9-20-17-16(22-15)14(8-19-17)12-7-21-23(10-12)13-3-5-18-6-4-13/h7-11,13,18H,1-6H2,(H,19,20). The normalized spacial score (nSPS) is 19.5. The highest BCUT2D eigenvalue weighted by molar-refractivity contribution is 5.90. The van der Waals surface area contributed by atoms with E-state index in [0.29, 0.717) is 12.0 Å². The second kappa shape index (κ2) is 5.16. The summed E-state index contributed by atoms with van der Waals surface area (Å²) < 4.78 is 2.12. The van der Waals surface area contributed by atoms with Crippen molar-refractivity contribution >= 4 is 11.2 Å². The Morgan fingerprint density at radius 2 is 1.96 bits per heavy atom. The third-order valence-electron chi connectivity index (χ3n) is 4.99. The first kappa shape index (κ1) is 13.2. The lowest BCUT2D eigenvalue weighted by Gasteiger charge is -2.22. The fraction of sp³-hybridized carbons (Fsp3) is 0.471. The van der Waals surface area contributed by atoms with Crippen molar-refractivity contribution in [3.63, 3.8) is 0 Å². The zero-order valence-electron chi connectivity index (χ0n) is 13.0. The Balaban J connectivity index is 1.52. The summed E-state index contributed by atoms with van der Waals surface area (Å²) in [6.45, 7) is 2.15. The molecule has 1 saturated carbocycles. The first-order valence-electron chi connectivity index (χ1n) is 8.48. The number of piperidine rings is 1. The molecule has 2 fully saturated rings. The van der Waals surface area contributed by atoms with Crippen LogP contribution in [0.5, 0.6) is 0 Å². The van der Waals surface area contributed by atoms with Gasteiger partial charge in [0.15, 0.2) is 5.65 Å². The molecule has 4 heterocycles. The van der Waals surface area contributed by atoms with E-state index in [9.17, 15) is 0 Å². The number of fused-ring (bicyclic) bond motifs is 1. The van der Waals surface area contributed by atoms with Gasteiger partial charge in [0.1, 0.15) is 5.52 Å². The largest absolute Gasteiger partial charge is 0.344 e. The number of rotatable bonds is 3. The number of nitrogens with zero attached hydrogens (tertiary/aromatic N) is 4. The van der Waals surface area contributed by atoms with Gasteiger partial charge in [-0.2, -0.15) is 5.10 Å². The third kappa shape index (κ3) is 2.34. The molecule has 3 aromatic heterocycles. The number of aromatic nitrogens is 5. The molecule has 1 aliphatic carbocycles. The van der Waals surface area contributed by atoms with Crippen LogP contribution in [0, 0.1) is 0 Å². The Bertz CT molecular complexity index is 838. The smallest absolute Gasteiger partial charge is 0.156 e. The van der Waals surface area contributed by atoms with Gasteiger partial charge in [-0.05, 0) is 38.8 Å². The molecule has 0 atom stereocenters. The van der Waals surface area contributed by atoms with Gasteiger partial charge in [-0.15, -0.1) is 0 Å². The lowest BCUT2D eigenvalue weighted by atomic mass is 10.1. The molecular weight excluding hydrogens is 288 g/mol. The zero-order valence-corrected chi connectivity index (χ0v) is 13.0. The lowest BCUT2D eigenvalue weighted by Crippen LogP contribution is -2.29. The van der Waals surface area contributed by atoms with Crippen molar-refractivity contribution in [2.75, 3.05) is 13.1 Å². The van der Waals surface area contributed by atoms with E-state index in [1.807, 2.05) is 18.6 Å². The van der Waals surface area contributed by atoms with Crippen LogP contribution >= 0.6 is 0 Å². The van der Waals surface area contributed by atoms with Crippen molar-refractivity contribution in [2.24, 2.45) is 0 Å². The average molecular weight is 308 g/mol. The van der Waals surface area contributed by atoms with Crippen molar-refractivity contribution < 1.29 is 0 Å². The van der Waals surface area contributed by atoms with Gasteiger partial charge in [-0.1, -0.05) is 0 Å². The topological polar surface area (TPSA) is 71.4 Å². The Hall–Kier alpha value is -2.21. The van der Waals surface area contributed by atoms with E-state index in [4.69, 9.17) is 4.98 Å². The fourth-order valence-corrected chi connectivity index (χ4v) is 3.45. The molecule has 5 rings (SSSR count). The van der Waals surface area contributed by atoms with Gasteiger partial charge in [0, 0.05) is 29.4 Å². The molecule has 0 bridgehead atoms. The number of hydrogen-bond donors (Lipinski definition) is 2. The maximum atomic E-state index is 4.85. The number of nitrogens with one attached hydrogen (secondary N) is 2. The van der Waals surface area contributed by atoms with Crippen LogP contribution in [0.2, 0.25) is 0 Å². The van der Waals surface area contributed by atoms with E-state index in [1.54, 1.807) is 0 Å². The molecule has 0 radical (unpaired) electrons. The van der Waals surface area contributed by atoms with Crippen LogP contribution in [0.3, 0.4) is 0 Å². The van der Waals surface area contributed by atoms with Gasteiger partial charge >= 0.3 is 0 Å². The highest BCUT2D eigenvalue weighted by Crippen LogP contribution is 2.39. The Labute approximate surface area is 134 Å². The maximum Gasteiger partial charge on any atom is 0.156 e. The number of hydrogen-bond acceptors (Lipinski definition) is 4. The zero-order chi connectivity index (χ0) is 15.2. The van der Waals surface area contributed by atoms with Crippen LogP contribution in [0.4, 0.5) is 0 Å². The number of aromatic amines is 1. The molecule has 0 aromatic carbocycles. The molecular formula is C17H20N6. The predicted molar refractivity (Wildman–Crippen MR) is 88.2 cm³/mol. The van der Waals surface area contributed by atoms with Crippen LogP contribution in [0.1, 0.15) is 43.3 Å². The molecule has 6 heteroatoms. The first-order valence-corrected chi connectivity index (χ1v) is 8.48. The van der Waals surface area contributed by atoms with E-state index in [2.05, 4.69) is 31.3 Å². The summed E-state index contributed by atoms with van der Waals surface area (Å²) in [6.07, 6.45) is 12.8. The summed E-state index contributed by atoms with van der Waals surface area (Å²) in [5.74, 6) is 0.618. The molecule has 6 nitrogen and oxygen atoms in total. The minimum Gasteiger partial charge on any atom is -0.344 e. The average Bonchev–Trinajstić information content (AvgIpc) is 3.19. The second-order valence-electron chi connectivity index (χ2n) is 6.66. The lowest BCUT2D eigenvalue weighted by molar-refractivity contribution is 0.343. The molecule has 1 aliphatic heterocycles. The van der Waals surface area contributed by atoms with Crippen molar-refractivity contribution in [1.29, 1.82) is 0 Å². The molecule has 2 N–H and O–H groups in total. The quantitative estimate of drug-likeness (QED) is 0.780. The monoisotopic (exact) mass is 308 g/mol. The summed E-state index contributed by atoms with van der Waals surface area (Å²) >= 11 is 0. The summed E-state index contributed by atoms with van der Waals surface area (Å²) in [4.78, 5) is 12.6. The molecule has 3 aromatic rings. The van der Waals surface area contributed by atoms with Crippen LogP contribution in [0.15, 0.2) is 24.8 Å². The number of H-pyrrole nitrogens is 1. The van der Waals surface area contributed by atoms with E-state index in [1.165, 1.54) is 12.8 Å². The maximum absolute atomic E-state index is 4.85. The molecule has 2 aliphatic rings. The van der Waals surface area contributed by atoms with E-state index in [0.717, 1.165) is 53.9 Å². The van der Waals surface area contributed by atoms with Gasteiger partial charge < -0.3 is 10.3 Å². The molecule has 23 heavy (non-hydrogen) atoms. The van der Waals surface area contributed by atoms with Crippen LogP contribution in [0.25, 0.3) is 22.3 Å². The predicted octanol–water partition coefficient (Wildman–Crippen LogP) is 2.62. The van der Waals surface area contributed by atoms with E-state index in [-0.39, 0.29) is 0 Å². The molecule has 1 saturated heterocycles. The van der Waals surface area contributed by atoms with Gasteiger partial charge in [0.25, 0.3) is 0 Å². The van der Waals surface area contributed by atoms with Gasteiger partial charge in [0.2, 0.25) is 0 Å². The Kier molecular flexibility index (Phi) is 2.97. The second-order valence-corrected chi connectivity index (χ2v) is 6.66. The SMILES string of the molecule is c1nn(C2CCNCC2)cc1-c1c[nH]c2ncc(C3CC3)nc12. The summed E-state index contributed by atoms with van der Waals surface area (Å²) in [5, 5.41) is 8.00.